The molecular formula is C13H24N4O. The Kier molecular flexibility index (Phi) is 5.13. The number of rotatable bonds is 7. The Bertz CT molecular complexity index is 345. The lowest BCUT2D eigenvalue weighted by Gasteiger charge is -2.08. The van der Waals surface area contributed by atoms with E-state index in [0.717, 1.165) is 38.5 Å². The van der Waals surface area contributed by atoms with E-state index in [2.05, 4.69) is 29.2 Å². The lowest BCUT2D eigenvalue weighted by atomic mass is 10.2. The maximum absolute atomic E-state index is 5.60. The van der Waals surface area contributed by atoms with Crippen LogP contribution in [0.4, 0.5) is 0 Å². The lowest BCUT2D eigenvalue weighted by Crippen LogP contribution is -2.20. The average molecular weight is 252 g/mol. The molecule has 0 radical (unpaired) electrons. The van der Waals surface area contributed by atoms with Gasteiger partial charge in [-0.2, -0.15) is 5.10 Å². The van der Waals surface area contributed by atoms with Gasteiger partial charge < -0.3 is 10.1 Å². The Balaban J connectivity index is 1.68. The summed E-state index contributed by atoms with van der Waals surface area (Å²) in [5, 5.41) is 7.80. The summed E-state index contributed by atoms with van der Waals surface area (Å²) in [6, 6.07) is 0. The van der Waals surface area contributed by atoms with Crippen LogP contribution in [0.1, 0.15) is 38.9 Å². The molecule has 0 amide bonds. The Morgan fingerprint density at radius 3 is 3.17 bits per heavy atom. The molecule has 0 aromatic carbocycles. The minimum Gasteiger partial charge on any atom is -0.378 e. The van der Waals surface area contributed by atoms with Crippen molar-refractivity contribution in [1.82, 2.24) is 20.1 Å². The summed E-state index contributed by atoms with van der Waals surface area (Å²) < 4.78 is 7.52. The Morgan fingerprint density at radius 1 is 1.56 bits per heavy atom. The quantitative estimate of drug-likeness (QED) is 0.800. The van der Waals surface area contributed by atoms with Gasteiger partial charge in [0.25, 0.3) is 0 Å². The highest BCUT2D eigenvalue weighted by Crippen LogP contribution is 2.15. The third kappa shape index (κ3) is 4.38. The molecule has 2 rings (SSSR count). The lowest BCUT2D eigenvalue weighted by molar-refractivity contribution is 0.0994. The van der Waals surface area contributed by atoms with Gasteiger partial charge in [-0.1, -0.05) is 13.8 Å². The van der Waals surface area contributed by atoms with Gasteiger partial charge in [-0.15, -0.1) is 0 Å². The number of nitrogens with zero attached hydrogens (tertiary/aromatic N) is 3. The average Bonchev–Trinajstić information content (AvgIpc) is 2.96. The monoisotopic (exact) mass is 252 g/mol. The van der Waals surface area contributed by atoms with Crippen LogP contribution in [0, 0.1) is 5.92 Å². The summed E-state index contributed by atoms with van der Waals surface area (Å²) in [4.78, 5) is 4.31. The van der Waals surface area contributed by atoms with Crippen LogP contribution in [-0.4, -0.2) is 34.0 Å². The van der Waals surface area contributed by atoms with Gasteiger partial charge in [0.2, 0.25) is 0 Å². The van der Waals surface area contributed by atoms with Crippen LogP contribution in [0.2, 0.25) is 0 Å². The van der Waals surface area contributed by atoms with Crippen LogP contribution in [0.25, 0.3) is 0 Å². The fourth-order valence-corrected chi connectivity index (χ4v) is 2.14. The van der Waals surface area contributed by atoms with E-state index in [0.29, 0.717) is 12.0 Å². The van der Waals surface area contributed by atoms with Crippen LogP contribution < -0.4 is 5.32 Å². The predicted molar refractivity (Wildman–Crippen MR) is 70.2 cm³/mol. The molecule has 0 aliphatic carbocycles. The standard InChI is InChI=1S/C13H24N4O/c1-11(2)8-14-9-13-15-10-17(16-13)6-5-12-4-3-7-18-12/h10-12,14H,3-9H2,1-2H3. The SMILES string of the molecule is CC(C)CNCc1ncn(CCC2CCCO2)n1. The molecule has 0 saturated carbocycles. The second kappa shape index (κ2) is 6.85. The number of ether oxygens (including phenoxy) is 1. The minimum absolute atomic E-state index is 0.428. The second-order valence-electron chi connectivity index (χ2n) is 5.37. The maximum atomic E-state index is 5.60. The topological polar surface area (TPSA) is 52.0 Å². The molecule has 1 saturated heterocycles. The zero-order valence-corrected chi connectivity index (χ0v) is 11.4. The molecule has 18 heavy (non-hydrogen) atoms. The molecule has 1 N–H and O–H groups in total. The molecule has 5 heteroatoms. The van der Waals surface area contributed by atoms with Crippen molar-refractivity contribution < 1.29 is 4.74 Å². The summed E-state index contributed by atoms with van der Waals surface area (Å²) in [6.07, 6.45) is 5.68. The van der Waals surface area contributed by atoms with E-state index in [1.165, 1.54) is 12.8 Å². The van der Waals surface area contributed by atoms with E-state index in [1.807, 2.05) is 11.0 Å². The van der Waals surface area contributed by atoms with Crippen molar-refractivity contribution in [2.45, 2.75) is 52.3 Å². The fraction of sp³-hybridized carbons (Fsp3) is 0.846. The minimum atomic E-state index is 0.428. The van der Waals surface area contributed by atoms with Crippen molar-refractivity contribution in [2.75, 3.05) is 13.2 Å². The third-order valence-corrected chi connectivity index (χ3v) is 3.12. The number of hydrogen-bond donors (Lipinski definition) is 1. The summed E-state index contributed by atoms with van der Waals surface area (Å²) in [7, 11) is 0. The maximum Gasteiger partial charge on any atom is 0.164 e. The van der Waals surface area contributed by atoms with Crippen LogP contribution in [0.5, 0.6) is 0 Å². The first-order chi connectivity index (χ1) is 8.74. The van der Waals surface area contributed by atoms with Crippen LogP contribution in [0.3, 0.4) is 0 Å². The van der Waals surface area contributed by atoms with Gasteiger partial charge in [0.05, 0.1) is 12.6 Å². The van der Waals surface area contributed by atoms with Crippen molar-refractivity contribution in [3.8, 4) is 0 Å². The first kappa shape index (κ1) is 13.5. The first-order valence-corrected chi connectivity index (χ1v) is 6.94. The number of aromatic nitrogens is 3. The highest BCUT2D eigenvalue weighted by Gasteiger charge is 2.15. The molecule has 0 spiro atoms. The van der Waals surface area contributed by atoms with E-state index < -0.39 is 0 Å². The van der Waals surface area contributed by atoms with E-state index in [1.54, 1.807) is 0 Å². The van der Waals surface area contributed by atoms with E-state index in [9.17, 15) is 0 Å². The van der Waals surface area contributed by atoms with Crippen molar-refractivity contribution in [3.05, 3.63) is 12.2 Å². The first-order valence-electron chi connectivity index (χ1n) is 6.94. The summed E-state index contributed by atoms with van der Waals surface area (Å²) >= 11 is 0. The zero-order chi connectivity index (χ0) is 12.8. The van der Waals surface area contributed by atoms with Gasteiger partial charge >= 0.3 is 0 Å². The molecule has 1 atom stereocenters. The number of hydrogen-bond acceptors (Lipinski definition) is 4. The van der Waals surface area contributed by atoms with E-state index in [4.69, 9.17) is 4.74 Å². The van der Waals surface area contributed by atoms with Gasteiger partial charge in [0.1, 0.15) is 6.33 Å². The molecule has 1 aromatic rings. The second-order valence-corrected chi connectivity index (χ2v) is 5.37. The molecule has 0 bridgehead atoms. The third-order valence-electron chi connectivity index (χ3n) is 3.12. The van der Waals surface area contributed by atoms with Crippen molar-refractivity contribution in [1.29, 1.82) is 0 Å². The summed E-state index contributed by atoms with van der Waals surface area (Å²) in [6.45, 7) is 7.98. The largest absolute Gasteiger partial charge is 0.378 e. The predicted octanol–water partition coefficient (Wildman–Crippen LogP) is 1.59. The van der Waals surface area contributed by atoms with Crippen LogP contribution >= 0.6 is 0 Å². The van der Waals surface area contributed by atoms with Crippen LogP contribution in [0.15, 0.2) is 6.33 Å². The van der Waals surface area contributed by atoms with Gasteiger partial charge in [-0.25, -0.2) is 4.98 Å². The number of aryl methyl sites for hydroxylation is 1. The van der Waals surface area contributed by atoms with Gasteiger partial charge in [0, 0.05) is 13.2 Å². The van der Waals surface area contributed by atoms with Gasteiger partial charge in [-0.3, -0.25) is 4.68 Å². The summed E-state index contributed by atoms with van der Waals surface area (Å²) in [5.74, 6) is 1.54. The molecule has 1 fully saturated rings. The molecule has 1 aliphatic heterocycles. The molecule has 5 nitrogen and oxygen atoms in total. The molecular weight excluding hydrogens is 228 g/mol. The molecule has 2 heterocycles. The Labute approximate surface area is 109 Å². The zero-order valence-electron chi connectivity index (χ0n) is 11.4. The molecule has 1 aliphatic rings. The highest BCUT2D eigenvalue weighted by molar-refractivity contribution is 4.81. The Hall–Kier alpha value is -0.940. The van der Waals surface area contributed by atoms with Crippen molar-refractivity contribution in [2.24, 2.45) is 5.92 Å². The molecule has 102 valence electrons. The normalized spacial score (nSPS) is 19.8. The van der Waals surface area contributed by atoms with Gasteiger partial charge in [-0.05, 0) is 31.7 Å². The van der Waals surface area contributed by atoms with Crippen LogP contribution in [-0.2, 0) is 17.8 Å². The molecule has 1 unspecified atom stereocenters. The van der Waals surface area contributed by atoms with E-state index in [-0.39, 0.29) is 0 Å². The number of nitrogens with one attached hydrogen (secondary N) is 1. The summed E-state index contributed by atoms with van der Waals surface area (Å²) in [5.41, 5.74) is 0. The fourth-order valence-electron chi connectivity index (χ4n) is 2.14. The van der Waals surface area contributed by atoms with Crippen molar-refractivity contribution >= 4 is 0 Å². The smallest absolute Gasteiger partial charge is 0.164 e. The Morgan fingerprint density at radius 2 is 2.44 bits per heavy atom. The highest BCUT2D eigenvalue weighted by atomic mass is 16.5. The van der Waals surface area contributed by atoms with Crippen molar-refractivity contribution in [3.63, 3.8) is 0 Å². The van der Waals surface area contributed by atoms with E-state index >= 15 is 0 Å². The van der Waals surface area contributed by atoms with Gasteiger partial charge in [0.15, 0.2) is 5.82 Å². The molecule has 1 aromatic heterocycles.